The van der Waals surface area contributed by atoms with Crippen LogP contribution in [-0.4, -0.2) is 15.8 Å². The maximum atomic E-state index is 13.5. The molecule has 0 amide bonds. The highest BCUT2D eigenvalue weighted by molar-refractivity contribution is 6.31. The topological polar surface area (TPSA) is 72.5 Å². The first-order valence-electron chi connectivity index (χ1n) is 9.61. The highest BCUT2D eigenvalue weighted by Gasteiger charge is 2.21. The van der Waals surface area contributed by atoms with Crippen molar-refractivity contribution in [2.24, 2.45) is 4.99 Å². The summed E-state index contributed by atoms with van der Waals surface area (Å²) in [7, 11) is 0. The van der Waals surface area contributed by atoms with Crippen molar-refractivity contribution in [1.29, 1.82) is 5.26 Å². The maximum Gasteiger partial charge on any atom is 0.181 e. The van der Waals surface area contributed by atoms with E-state index < -0.39 is 5.82 Å². The van der Waals surface area contributed by atoms with Crippen LogP contribution in [0, 0.1) is 17.1 Å². The normalized spacial score (nSPS) is 11.1. The second-order valence-corrected chi connectivity index (χ2v) is 7.12. The molecule has 1 heterocycles. The van der Waals surface area contributed by atoms with E-state index in [4.69, 9.17) is 11.6 Å². The van der Waals surface area contributed by atoms with Gasteiger partial charge in [-0.25, -0.2) is 14.4 Å². The minimum absolute atomic E-state index is 0.0603. The Balaban J connectivity index is 1.85. The van der Waals surface area contributed by atoms with Crippen LogP contribution in [-0.2, 0) is 0 Å². The molecule has 0 fully saturated rings. The lowest BCUT2D eigenvalue weighted by Crippen LogP contribution is -2.13. The molecule has 32 heavy (non-hydrogen) atoms. The van der Waals surface area contributed by atoms with E-state index in [0.717, 1.165) is 11.4 Å². The molecule has 4 rings (SSSR count). The fraction of sp³-hybridized carbons (Fsp3) is 0. The molecule has 0 aliphatic rings. The number of rotatable bonds is 5. The summed E-state index contributed by atoms with van der Waals surface area (Å²) in [4.78, 5) is 10.4. The molecule has 0 unspecified atom stereocenters. The van der Waals surface area contributed by atoms with E-state index in [9.17, 15) is 14.8 Å². The Kier molecular flexibility index (Phi) is 6.11. The zero-order chi connectivity index (χ0) is 22.5. The molecule has 0 aliphatic carbocycles. The number of nitriles is 1. The van der Waals surface area contributed by atoms with Crippen LogP contribution in [0.5, 0.6) is 5.75 Å². The number of nitrogens with zero attached hydrogens (tertiary/aromatic N) is 4. The SMILES string of the molecule is N#CC(=Nc1ccc(F)c(Cl)c1)c1ccnc(N(c2ccccc2)c2ccccc2)c1O. The molecule has 7 heteroatoms. The molecule has 0 radical (unpaired) electrons. The van der Waals surface area contributed by atoms with Crippen LogP contribution in [0.4, 0.5) is 27.3 Å². The lowest BCUT2D eigenvalue weighted by molar-refractivity contribution is 0.473. The molecule has 5 nitrogen and oxygen atoms in total. The number of aromatic nitrogens is 1. The van der Waals surface area contributed by atoms with Crippen LogP contribution in [0.3, 0.4) is 0 Å². The summed E-state index contributed by atoms with van der Waals surface area (Å²) in [5.41, 5.74) is 1.97. The van der Waals surface area contributed by atoms with E-state index in [0.29, 0.717) is 0 Å². The molecule has 0 aliphatic heterocycles. The Morgan fingerprint density at radius 2 is 1.59 bits per heavy atom. The van der Waals surface area contributed by atoms with Crippen molar-refractivity contribution in [3.63, 3.8) is 0 Å². The summed E-state index contributed by atoms with van der Waals surface area (Å²) in [6.45, 7) is 0. The van der Waals surface area contributed by atoms with Gasteiger partial charge in [0.25, 0.3) is 0 Å². The third-order valence-corrected chi connectivity index (χ3v) is 4.94. The number of benzene rings is 3. The number of aromatic hydroxyl groups is 1. The van der Waals surface area contributed by atoms with E-state index in [-0.39, 0.29) is 33.6 Å². The monoisotopic (exact) mass is 442 g/mol. The summed E-state index contributed by atoms with van der Waals surface area (Å²) < 4.78 is 13.5. The second-order valence-electron chi connectivity index (χ2n) is 6.71. The van der Waals surface area contributed by atoms with Gasteiger partial charge in [-0.05, 0) is 48.5 Å². The van der Waals surface area contributed by atoms with E-state index in [1.54, 1.807) is 4.90 Å². The quantitative estimate of drug-likeness (QED) is 0.349. The summed E-state index contributed by atoms with van der Waals surface area (Å²) in [5, 5.41) is 20.7. The number of halogens is 2. The van der Waals surface area contributed by atoms with Gasteiger partial charge in [-0.2, -0.15) is 5.26 Å². The zero-order valence-corrected chi connectivity index (χ0v) is 17.4. The molecule has 4 aromatic rings. The molecule has 0 atom stereocenters. The summed E-state index contributed by atoms with van der Waals surface area (Å²) >= 11 is 5.83. The largest absolute Gasteiger partial charge is 0.504 e. The zero-order valence-electron chi connectivity index (χ0n) is 16.7. The number of hydrogen-bond acceptors (Lipinski definition) is 5. The first-order chi connectivity index (χ1) is 15.6. The van der Waals surface area contributed by atoms with Crippen molar-refractivity contribution in [2.45, 2.75) is 0 Å². The predicted octanol–water partition coefficient (Wildman–Crippen LogP) is 6.69. The van der Waals surface area contributed by atoms with Gasteiger partial charge in [0, 0.05) is 17.6 Å². The fourth-order valence-electron chi connectivity index (χ4n) is 3.17. The van der Waals surface area contributed by atoms with Crippen molar-refractivity contribution in [3.05, 3.63) is 108 Å². The number of aliphatic imine (C=N–C) groups is 1. The van der Waals surface area contributed by atoms with Gasteiger partial charge in [-0.1, -0.05) is 48.0 Å². The van der Waals surface area contributed by atoms with Gasteiger partial charge in [0.05, 0.1) is 16.3 Å². The van der Waals surface area contributed by atoms with Crippen molar-refractivity contribution in [2.75, 3.05) is 4.90 Å². The Labute approximate surface area is 189 Å². The van der Waals surface area contributed by atoms with Gasteiger partial charge >= 0.3 is 0 Å². The number of anilines is 3. The van der Waals surface area contributed by atoms with Gasteiger partial charge in [0.15, 0.2) is 17.3 Å². The van der Waals surface area contributed by atoms with Gasteiger partial charge in [0.1, 0.15) is 11.9 Å². The van der Waals surface area contributed by atoms with Gasteiger partial charge < -0.3 is 5.11 Å². The Hall–Kier alpha value is -4.21. The lowest BCUT2D eigenvalue weighted by Gasteiger charge is -2.25. The average molecular weight is 443 g/mol. The van der Waals surface area contributed by atoms with Crippen LogP contribution < -0.4 is 4.90 Å². The fourth-order valence-corrected chi connectivity index (χ4v) is 3.35. The molecule has 0 bridgehead atoms. The maximum absolute atomic E-state index is 13.5. The Morgan fingerprint density at radius 3 is 2.16 bits per heavy atom. The van der Waals surface area contributed by atoms with E-state index in [1.807, 2.05) is 66.7 Å². The highest BCUT2D eigenvalue weighted by atomic mass is 35.5. The van der Waals surface area contributed by atoms with E-state index in [2.05, 4.69) is 9.98 Å². The van der Waals surface area contributed by atoms with E-state index >= 15 is 0 Å². The molecule has 1 aromatic heterocycles. The van der Waals surface area contributed by atoms with Crippen molar-refractivity contribution in [1.82, 2.24) is 4.98 Å². The van der Waals surface area contributed by atoms with Crippen LogP contribution >= 0.6 is 11.6 Å². The van der Waals surface area contributed by atoms with Gasteiger partial charge in [-0.3, -0.25) is 4.90 Å². The van der Waals surface area contributed by atoms with Crippen LogP contribution in [0.1, 0.15) is 5.56 Å². The lowest BCUT2D eigenvalue weighted by atomic mass is 10.1. The third kappa shape index (κ3) is 4.29. The van der Waals surface area contributed by atoms with Crippen molar-refractivity contribution >= 4 is 40.2 Å². The van der Waals surface area contributed by atoms with Crippen LogP contribution in [0.25, 0.3) is 0 Å². The number of pyridine rings is 1. The average Bonchev–Trinajstić information content (AvgIpc) is 2.83. The molecular formula is C25H16ClFN4O. The Bertz CT molecular complexity index is 1280. The third-order valence-electron chi connectivity index (χ3n) is 4.65. The predicted molar refractivity (Wildman–Crippen MR) is 124 cm³/mol. The molecule has 3 aromatic carbocycles. The minimum Gasteiger partial charge on any atom is -0.504 e. The molecule has 0 saturated heterocycles. The van der Waals surface area contributed by atoms with Gasteiger partial charge in [0.2, 0.25) is 0 Å². The Morgan fingerprint density at radius 1 is 0.969 bits per heavy atom. The van der Waals surface area contributed by atoms with Crippen molar-refractivity contribution < 1.29 is 9.50 Å². The van der Waals surface area contributed by atoms with Crippen LogP contribution in [0.2, 0.25) is 5.02 Å². The minimum atomic E-state index is -0.584. The van der Waals surface area contributed by atoms with E-state index in [1.165, 1.54) is 30.5 Å². The molecular weight excluding hydrogens is 427 g/mol. The molecule has 156 valence electrons. The standard InChI is InChI=1S/C25H16ClFN4O/c26-21-15-17(11-12-22(21)27)30-23(16-28)20-13-14-29-25(24(20)32)31(18-7-3-1-4-8-18)19-9-5-2-6-10-19/h1-15,32H. The highest BCUT2D eigenvalue weighted by Crippen LogP contribution is 2.39. The molecule has 1 N–H and O–H groups in total. The molecule has 0 spiro atoms. The van der Waals surface area contributed by atoms with Crippen LogP contribution in [0.15, 0.2) is 96.1 Å². The van der Waals surface area contributed by atoms with Gasteiger partial charge in [-0.15, -0.1) is 0 Å². The van der Waals surface area contributed by atoms with Crippen molar-refractivity contribution in [3.8, 4) is 11.8 Å². The number of para-hydroxylation sites is 2. The first-order valence-corrected chi connectivity index (χ1v) is 9.98. The number of hydrogen-bond donors (Lipinski definition) is 1. The summed E-state index contributed by atoms with van der Waals surface area (Å²) in [5.74, 6) is -0.562. The second kappa shape index (κ2) is 9.29. The molecule has 0 saturated carbocycles. The first kappa shape index (κ1) is 21.0. The summed E-state index contributed by atoms with van der Waals surface area (Å²) in [6, 6.07) is 26.2. The smallest absolute Gasteiger partial charge is 0.181 e. The summed E-state index contributed by atoms with van der Waals surface area (Å²) in [6.07, 6.45) is 1.49.